The lowest BCUT2D eigenvalue weighted by atomic mass is 9.90. The normalized spacial score (nSPS) is 17.4. The summed E-state index contributed by atoms with van der Waals surface area (Å²) in [6.07, 6.45) is 2.84. The van der Waals surface area contributed by atoms with Crippen molar-refractivity contribution >= 4 is 63.7 Å². The predicted octanol–water partition coefficient (Wildman–Crippen LogP) is 4.51. The third-order valence-corrected chi connectivity index (χ3v) is 6.61. The number of ether oxygens (including phenoxy) is 1. The van der Waals surface area contributed by atoms with E-state index in [4.69, 9.17) is 27.9 Å². The van der Waals surface area contributed by atoms with E-state index < -0.39 is 24.0 Å². The van der Waals surface area contributed by atoms with Gasteiger partial charge in [-0.05, 0) is 31.0 Å². The maximum atomic E-state index is 13.1. The molecule has 1 saturated carbocycles. The Morgan fingerprint density at radius 2 is 1.93 bits per heavy atom. The number of anilines is 2. The number of hydrogen-bond donors (Lipinski definition) is 1. The summed E-state index contributed by atoms with van der Waals surface area (Å²) in [4.78, 5) is 39.7. The number of benzene rings is 1. The summed E-state index contributed by atoms with van der Waals surface area (Å²) in [5.41, 5.74) is 0.358. The fourth-order valence-electron chi connectivity index (χ4n) is 3.88. The van der Waals surface area contributed by atoms with Crippen LogP contribution in [0.4, 0.5) is 11.4 Å². The molecule has 6 nitrogen and oxygen atoms in total. The molecule has 2 amide bonds. The van der Waals surface area contributed by atoms with E-state index in [-0.39, 0.29) is 15.8 Å². The van der Waals surface area contributed by atoms with Crippen LogP contribution in [0.2, 0.25) is 8.67 Å². The fourth-order valence-corrected chi connectivity index (χ4v) is 5.32. The number of carbonyl (C=O) groups excluding carboxylic acids is 3. The molecule has 1 fully saturated rings. The summed E-state index contributed by atoms with van der Waals surface area (Å²) in [6.45, 7) is -0.494. The Bertz CT molecular complexity index is 969. The van der Waals surface area contributed by atoms with Crippen LogP contribution in [0.1, 0.15) is 36.0 Å². The van der Waals surface area contributed by atoms with E-state index in [9.17, 15) is 14.4 Å². The molecule has 1 aliphatic carbocycles. The van der Waals surface area contributed by atoms with E-state index in [1.807, 2.05) is 0 Å². The van der Waals surface area contributed by atoms with Gasteiger partial charge < -0.3 is 10.1 Å². The van der Waals surface area contributed by atoms with Crippen LogP contribution >= 0.6 is 34.5 Å². The molecule has 0 radical (unpaired) electrons. The standard InChI is InChI=1S/C19H16Cl2N2O4S/c20-14-9-11(16(21)28-14)17(25)27-10-15(24)23-13-6-2-1-5-12(13)22-18(26)19(23)7-3-4-8-19/h1-2,5-6,9H,3-4,7-8,10H2,(H,22,26). The van der Waals surface area contributed by atoms with Crippen LogP contribution in [0.15, 0.2) is 30.3 Å². The minimum atomic E-state index is -0.943. The first-order valence-corrected chi connectivity index (χ1v) is 10.3. The second-order valence-corrected chi connectivity index (χ2v) is 9.04. The van der Waals surface area contributed by atoms with Crippen molar-refractivity contribution in [2.75, 3.05) is 16.8 Å². The lowest BCUT2D eigenvalue weighted by molar-refractivity contribution is -0.129. The third kappa shape index (κ3) is 3.17. The molecular weight excluding hydrogens is 423 g/mol. The lowest BCUT2D eigenvalue weighted by Gasteiger charge is -2.44. The molecule has 1 N–H and O–H groups in total. The van der Waals surface area contributed by atoms with Crippen molar-refractivity contribution in [3.63, 3.8) is 0 Å². The van der Waals surface area contributed by atoms with Crippen molar-refractivity contribution in [1.29, 1.82) is 0 Å². The average molecular weight is 439 g/mol. The van der Waals surface area contributed by atoms with E-state index in [1.54, 1.807) is 24.3 Å². The zero-order valence-electron chi connectivity index (χ0n) is 14.7. The van der Waals surface area contributed by atoms with Crippen LogP contribution < -0.4 is 10.2 Å². The quantitative estimate of drug-likeness (QED) is 0.715. The predicted molar refractivity (Wildman–Crippen MR) is 108 cm³/mol. The smallest absolute Gasteiger partial charge is 0.341 e. The van der Waals surface area contributed by atoms with Crippen molar-refractivity contribution in [3.05, 3.63) is 44.6 Å². The number of fused-ring (bicyclic) bond motifs is 1. The van der Waals surface area contributed by atoms with Gasteiger partial charge in [-0.2, -0.15) is 0 Å². The molecule has 1 aromatic carbocycles. The number of halogens is 2. The Balaban J connectivity index is 1.60. The molecule has 0 saturated heterocycles. The molecular formula is C19H16Cl2N2O4S. The Hall–Kier alpha value is -2.09. The van der Waals surface area contributed by atoms with Gasteiger partial charge in [-0.1, -0.05) is 48.2 Å². The Kier molecular flexibility index (Phi) is 5.07. The van der Waals surface area contributed by atoms with Crippen LogP contribution in [0, 0.1) is 0 Å². The number of thiophene rings is 1. The summed E-state index contributed by atoms with van der Waals surface area (Å²) in [6, 6.07) is 8.52. The molecule has 0 bridgehead atoms. The number of para-hydroxylation sites is 2. The van der Waals surface area contributed by atoms with E-state index in [0.29, 0.717) is 28.6 Å². The van der Waals surface area contributed by atoms with Gasteiger partial charge in [0.25, 0.3) is 11.8 Å². The van der Waals surface area contributed by atoms with Crippen molar-refractivity contribution in [1.82, 2.24) is 0 Å². The average Bonchev–Trinajstić information content (AvgIpc) is 3.28. The monoisotopic (exact) mass is 438 g/mol. The number of carbonyl (C=O) groups is 3. The second kappa shape index (κ2) is 7.39. The fraction of sp³-hybridized carbons (Fsp3) is 0.316. The van der Waals surface area contributed by atoms with Gasteiger partial charge in [-0.15, -0.1) is 11.3 Å². The van der Waals surface area contributed by atoms with Gasteiger partial charge in [0.05, 0.1) is 21.3 Å². The minimum Gasteiger partial charge on any atom is -0.452 e. The maximum absolute atomic E-state index is 13.1. The molecule has 9 heteroatoms. The largest absolute Gasteiger partial charge is 0.452 e. The summed E-state index contributed by atoms with van der Waals surface area (Å²) in [7, 11) is 0. The van der Waals surface area contributed by atoms with Gasteiger partial charge in [-0.25, -0.2) is 4.79 Å². The van der Waals surface area contributed by atoms with E-state index >= 15 is 0 Å². The van der Waals surface area contributed by atoms with Crippen molar-refractivity contribution in [2.24, 2.45) is 0 Å². The topological polar surface area (TPSA) is 75.7 Å². The first-order chi connectivity index (χ1) is 13.4. The van der Waals surface area contributed by atoms with Crippen LogP contribution in [0.5, 0.6) is 0 Å². The SMILES string of the molecule is O=C(OCC(=O)N1c2ccccc2NC(=O)C12CCCC2)c1cc(Cl)sc1Cl. The Labute approximate surface area is 175 Å². The molecule has 1 aliphatic heterocycles. The van der Waals surface area contributed by atoms with Crippen LogP contribution in [-0.4, -0.2) is 29.9 Å². The summed E-state index contributed by atoms with van der Waals surface area (Å²) >= 11 is 12.9. The molecule has 2 aromatic rings. The Morgan fingerprint density at radius 3 is 2.61 bits per heavy atom. The van der Waals surface area contributed by atoms with Gasteiger partial charge >= 0.3 is 5.97 Å². The highest BCUT2D eigenvalue weighted by atomic mass is 35.5. The van der Waals surface area contributed by atoms with Crippen molar-refractivity contribution in [2.45, 2.75) is 31.2 Å². The zero-order chi connectivity index (χ0) is 19.9. The van der Waals surface area contributed by atoms with Crippen LogP contribution in [-0.2, 0) is 14.3 Å². The van der Waals surface area contributed by atoms with Gasteiger partial charge in [0, 0.05) is 0 Å². The molecule has 1 aromatic heterocycles. The number of amides is 2. The number of hydrogen-bond acceptors (Lipinski definition) is 5. The Morgan fingerprint density at radius 1 is 1.21 bits per heavy atom. The molecule has 1 spiro atoms. The third-order valence-electron chi connectivity index (χ3n) is 5.13. The summed E-state index contributed by atoms with van der Waals surface area (Å²) < 4.78 is 5.75. The molecule has 4 rings (SSSR count). The van der Waals surface area contributed by atoms with Crippen molar-refractivity contribution in [3.8, 4) is 0 Å². The number of rotatable bonds is 3. The highest BCUT2D eigenvalue weighted by molar-refractivity contribution is 7.20. The maximum Gasteiger partial charge on any atom is 0.341 e. The molecule has 2 heterocycles. The molecule has 28 heavy (non-hydrogen) atoms. The summed E-state index contributed by atoms with van der Waals surface area (Å²) in [5.74, 6) is -1.37. The first kappa shape index (κ1) is 19.2. The van der Waals surface area contributed by atoms with Gasteiger partial charge in [0.15, 0.2) is 6.61 Å². The van der Waals surface area contributed by atoms with E-state index in [1.165, 1.54) is 11.0 Å². The van der Waals surface area contributed by atoms with Crippen molar-refractivity contribution < 1.29 is 19.1 Å². The molecule has 0 unspecified atom stereocenters. The zero-order valence-corrected chi connectivity index (χ0v) is 17.0. The van der Waals surface area contributed by atoms with Gasteiger partial charge in [0.1, 0.15) is 9.88 Å². The molecule has 0 atom stereocenters. The lowest BCUT2D eigenvalue weighted by Crippen LogP contribution is -2.61. The van der Waals surface area contributed by atoms with Gasteiger partial charge in [0.2, 0.25) is 0 Å². The molecule has 146 valence electrons. The van der Waals surface area contributed by atoms with Gasteiger partial charge in [-0.3, -0.25) is 14.5 Å². The first-order valence-electron chi connectivity index (χ1n) is 8.78. The summed E-state index contributed by atoms with van der Waals surface area (Å²) in [5, 5.41) is 2.91. The van der Waals surface area contributed by atoms with Crippen LogP contribution in [0.3, 0.4) is 0 Å². The highest BCUT2D eigenvalue weighted by Crippen LogP contribution is 2.45. The molecule has 2 aliphatic rings. The van der Waals surface area contributed by atoms with Crippen LogP contribution in [0.25, 0.3) is 0 Å². The number of nitrogens with zero attached hydrogens (tertiary/aromatic N) is 1. The highest BCUT2D eigenvalue weighted by Gasteiger charge is 2.52. The number of esters is 1. The van der Waals surface area contributed by atoms with E-state index in [2.05, 4.69) is 5.32 Å². The minimum absolute atomic E-state index is 0.122. The second-order valence-electron chi connectivity index (χ2n) is 6.75. The van der Waals surface area contributed by atoms with E-state index in [0.717, 1.165) is 24.2 Å². The number of nitrogens with one attached hydrogen (secondary N) is 1.